The Labute approximate surface area is 174 Å². The van der Waals surface area contributed by atoms with Crippen LogP contribution < -0.4 is 5.32 Å². The lowest BCUT2D eigenvalue weighted by Gasteiger charge is -2.21. The summed E-state index contributed by atoms with van der Waals surface area (Å²) < 4.78 is 5.45. The average Bonchev–Trinajstić information content (AvgIpc) is 3.07. The van der Waals surface area contributed by atoms with Gasteiger partial charge in [-0.05, 0) is 67.8 Å². The van der Waals surface area contributed by atoms with Gasteiger partial charge in [-0.15, -0.1) is 11.3 Å². The van der Waals surface area contributed by atoms with E-state index in [2.05, 4.69) is 31.3 Å². The summed E-state index contributed by atoms with van der Waals surface area (Å²) in [6, 6.07) is 14.9. The van der Waals surface area contributed by atoms with Crippen molar-refractivity contribution in [2.75, 3.05) is 5.32 Å². The highest BCUT2D eigenvalue weighted by molar-refractivity contribution is 7.11. The van der Waals surface area contributed by atoms with Gasteiger partial charge < -0.3 is 14.6 Å². The van der Waals surface area contributed by atoms with Crippen molar-refractivity contribution in [3.63, 3.8) is 0 Å². The van der Waals surface area contributed by atoms with Gasteiger partial charge in [0.05, 0.1) is 19.4 Å². The maximum absolute atomic E-state index is 13.2. The van der Waals surface area contributed by atoms with Crippen LogP contribution in [0, 0.1) is 18.8 Å². The van der Waals surface area contributed by atoms with Crippen LogP contribution in [0.3, 0.4) is 0 Å². The Hall–Kier alpha value is -2.86. The first-order valence-corrected chi connectivity index (χ1v) is 10.6. The number of thiophene rings is 1. The highest BCUT2D eigenvalue weighted by atomic mass is 32.1. The standard InChI is InChI=1S/C23H24N2O3S/c1-15-12-21(15)22(26)24-18-8-6-17(7-9-18)23(27)25(13-19-4-3-11-28-19)14-20-10-5-16(2)29-20/h3-11,15,21H,12-14H2,1-2H3,(H,24,26). The van der Waals surface area contributed by atoms with Crippen molar-refractivity contribution in [3.05, 3.63) is 75.9 Å². The van der Waals surface area contributed by atoms with Gasteiger partial charge in [0.1, 0.15) is 5.76 Å². The second-order valence-electron chi connectivity index (χ2n) is 7.64. The van der Waals surface area contributed by atoms with Crippen LogP contribution in [0.2, 0.25) is 0 Å². The summed E-state index contributed by atoms with van der Waals surface area (Å²) in [5, 5.41) is 2.93. The Morgan fingerprint density at radius 3 is 2.48 bits per heavy atom. The lowest BCUT2D eigenvalue weighted by molar-refractivity contribution is -0.117. The monoisotopic (exact) mass is 408 g/mol. The van der Waals surface area contributed by atoms with Crippen LogP contribution in [-0.4, -0.2) is 16.7 Å². The van der Waals surface area contributed by atoms with E-state index in [-0.39, 0.29) is 17.7 Å². The summed E-state index contributed by atoms with van der Waals surface area (Å²) in [4.78, 5) is 29.4. The molecule has 0 radical (unpaired) electrons. The van der Waals surface area contributed by atoms with Crippen molar-refractivity contribution in [3.8, 4) is 0 Å². The van der Waals surface area contributed by atoms with Gasteiger partial charge >= 0.3 is 0 Å². The molecule has 6 heteroatoms. The van der Waals surface area contributed by atoms with E-state index in [0.717, 1.165) is 22.7 Å². The minimum absolute atomic E-state index is 0.0593. The number of nitrogens with zero attached hydrogens (tertiary/aromatic N) is 1. The molecule has 2 atom stereocenters. The van der Waals surface area contributed by atoms with E-state index in [4.69, 9.17) is 4.42 Å². The molecule has 1 aliphatic carbocycles. The van der Waals surface area contributed by atoms with Crippen LogP contribution in [0.25, 0.3) is 0 Å². The Morgan fingerprint density at radius 2 is 1.90 bits per heavy atom. The van der Waals surface area contributed by atoms with Gasteiger partial charge in [0.2, 0.25) is 5.91 Å². The SMILES string of the molecule is Cc1ccc(CN(Cc2ccco2)C(=O)c2ccc(NC(=O)C3CC3C)cc2)s1. The first-order chi connectivity index (χ1) is 14.0. The normalized spacial score (nSPS) is 17.7. The third-order valence-electron chi connectivity index (χ3n) is 5.20. The summed E-state index contributed by atoms with van der Waals surface area (Å²) in [5.74, 6) is 1.32. The number of benzene rings is 1. The average molecular weight is 409 g/mol. The molecule has 2 aromatic heterocycles. The van der Waals surface area contributed by atoms with Crippen LogP contribution in [-0.2, 0) is 17.9 Å². The highest BCUT2D eigenvalue weighted by Gasteiger charge is 2.39. The number of aryl methyl sites for hydroxylation is 1. The molecule has 0 bridgehead atoms. The molecular weight excluding hydrogens is 384 g/mol. The molecule has 0 spiro atoms. The zero-order valence-electron chi connectivity index (χ0n) is 16.6. The van der Waals surface area contributed by atoms with Crippen molar-refractivity contribution in [1.82, 2.24) is 4.90 Å². The van der Waals surface area contributed by atoms with E-state index in [1.54, 1.807) is 46.8 Å². The molecule has 1 saturated carbocycles. The second kappa shape index (κ2) is 8.25. The van der Waals surface area contributed by atoms with Crippen LogP contribution in [0.5, 0.6) is 0 Å². The molecule has 1 N–H and O–H groups in total. The number of hydrogen-bond acceptors (Lipinski definition) is 4. The van der Waals surface area contributed by atoms with Gasteiger partial charge in [-0.3, -0.25) is 9.59 Å². The molecule has 4 rings (SSSR count). The van der Waals surface area contributed by atoms with Crippen molar-refractivity contribution in [2.24, 2.45) is 11.8 Å². The van der Waals surface area contributed by atoms with Crippen molar-refractivity contribution in [1.29, 1.82) is 0 Å². The maximum Gasteiger partial charge on any atom is 0.254 e. The van der Waals surface area contributed by atoms with E-state index in [9.17, 15) is 9.59 Å². The molecule has 1 aliphatic rings. The molecule has 3 aromatic rings. The molecule has 0 aliphatic heterocycles. The van der Waals surface area contributed by atoms with Crippen molar-refractivity contribution < 1.29 is 14.0 Å². The molecule has 2 unspecified atom stereocenters. The molecular formula is C23H24N2O3S. The van der Waals surface area contributed by atoms with Gasteiger partial charge in [0.25, 0.3) is 5.91 Å². The fourth-order valence-electron chi connectivity index (χ4n) is 3.35. The minimum atomic E-state index is -0.0684. The first kappa shape index (κ1) is 19.5. The molecule has 1 aromatic carbocycles. The summed E-state index contributed by atoms with van der Waals surface area (Å²) in [5.41, 5.74) is 1.31. The number of furan rings is 1. The Kier molecular flexibility index (Phi) is 5.53. The van der Waals surface area contributed by atoms with Crippen molar-refractivity contribution in [2.45, 2.75) is 33.4 Å². The predicted octanol–water partition coefficient (Wildman–Crippen LogP) is 5.09. The summed E-state index contributed by atoms with van der Waals surface area (Å²) in [6.45, 7) is 5.06. The third kappa shape index (κ3) is 4.77. The highest BCUT2D eigenvalue weighted by Crippen LogP contribution is 2.38. The summed E-state index contributed by atoms with van der Waals surface area (Å²) >= 11 is 1.69. The van der Waals surface area contributed by atoms with E-state index in [1.807, 2.05) is 12.1 Å². The second-order valence-corrected chi connectivity index (χ2v) is 9.01. The van der Waals surface area contributed by atoms with Crippen molar-refractivity contribution >= 4 is 28.8 Å². The van der Waals surface area contributed by atoms with Gasteiger partial charge in [0, 0.05) is 26.9 Å². The first-order valence-electron chi connectivity index (χ1n) is 9.77. The van der Waals surface area contributed by atoms with Crippen LogP contribution >= 0.6 is 11.3 Å². The van der Waals surface area contributed by atoms with Gasteiger partial charge in [-0.2, -0.15) is 0 Å². The Balaban J connectivity index is 1.47. The molecule has 2 heterocycles. The maximum atomic E-state index is 13.2. The number of hydrogen-bond donors (Lipinski definition) is 1. The molecule has 150 valence electrons. The number of nitrogens with one attached hydrogen (secondary N) is 1. The van der Waals surface area contributed by atoms with Crippen LogP contribution in [0.4, 0.5) is 5.69 Å². The lowest BCUT2D eigenvalue weighted by atomic mass is 10.1. The largest absolute Gasteiger partial charge is 0.467 e. The van der Waals surface area contributed by atoms with Gasteiger partial charge in [-0.25, -0.2) is 0 Å². The lowest BCUT2D eigenvalue weighted by Crippen LogP contribution is -2.29. The smallest absolute Gasteiger partial charge is 0.254 e. The number of carbonyl (C=O) groups is 2. The minimum Gasteiger partial charge on any atom is -0.467 e. The summed E-state index contributed by atoms with van der Waals surface area (Å²) in [6.07, 6.45) is 2.57. The van der Waals surface area contributed by atoms with E-state index >= 15 is 0 Å². The van der Waals surface area contributed by atoms with Crippen LogP contribution in [0.15, 0.2) is 59.2 Å². The number of carbonyl (C=O) groups excluding carboxylic acids is 2. The third-order valence-corrected chi connectivity index (χ3v) is 6.19. The van der Waals surface area contributed by atoms with Gasteiger partial charge in [0.15, 0.2) is 0 Å². The topological polar surface area (TPSA) is 62.6 Å². The fourth-order valence-corrected chi connectivity index (χ4v) is 4.26. The Bertz CT molecular complexity index is 992. The molecule has 1 fully saturated rings. The number of rotatable bonds is 7. The number of anilines is 1. The Morgan fingerprint density at radius 1 is 1.14 bits per heavy atom. The zero-order chi connectivity index (χ0) is 20.4. The molecule has 2 amide bonds. The van der Waals surface area contributed by atoms with E-state index in [0.29, 0.717) is 24.6 Å². The molecule has 29 heavy (non-hydrogen) atoms. The van der Waals surface area contributed by atoms with Gasteiger partial charge in [-0.1, -0.05) is 6.92 Å². The summed E-state index contributed by atoms with van der Waals surface area (Å²) in [7, 11) is 0. The fraction of sp³-hybridized carbons (Fsp3) is 0.304. The van der Waals surface area contributed by atoms with E-state index < -0.39 is 0 Å². The zero-order valence-corrected chi connectivity index (χ0v) is 17.4. The van der Waals surface area contributed by atoms with E-state index in [1.165, 1.54) is 4.88 Å². The predicted molar refractivity (Wildman–Crippen MR) is 114 cm³/mol. The molecule has 5 nitrogen and oxygen atoms in total. The quantitative estimate of drug-likeness (QED) is 0.592. The number of amides is 2. The van der Waals surface area contributed by atoms with Crippen LogP contribution in [0.1, 0.15) is 39.2 Å². The molecule has 0 saturated heterocycles.